The van der Waals surface area contributed by atoms with Gasteiger partial charge in [-0.3, -0.25) is 4.79 Å². The van der Waals surface area contributed by atoms with Crippen LogP contribution in [0.2, 0.25) is 0 Å². The molecule has 1 amide bonds. The van der Waals surface area contributed by atoms with E-state index in [0.717, 1.165) is 28.0 Å². The maximum absolute atomic E-state index is 12.4. The Morgan fingerprint density at radius 1 is 1.19 bits per heavy atom. The second-order valence-corrected chi connectivity index (χ2v) is 6.31. The summed E-state index contributed by atoms with van der Waals surface area (Å²) in [7, 11) is 0. The van der Waals surface area contributed by atoms with E-state index in [1.54, 1.807) is 0 Å². The number of amides is 1. The van der Waals surface area contributed by atoms with E-state index in [1.165, 1.54) is 6.39 Å². The number of carbonyl (C=O) groups excluding carboxylic acids is 1. The molecule has 1 aromatic heterocycles. The van der Waals surface area contributed by atoms with Crippen molar-refractivity contribution in [2.45, 2.75) is 26.0 Å². The Bertz CT molecular complexity index is 965. The van der Waals surface area contributed by atoms with Crippen molar-refractivity contribution in [1.82, 2.24) is 15.5 Å². The van der Waals surface area contributed by atoms with Crippen molar-refractivity contribution in [2.75, 3.05) is 0 Å². The fourth-order valence-electron chi connectivity index (χ4n) is 2.94. The number of benzene rings is 2. The maximum atomic E-state index is 12.4. The van der Waals surface area contributed by atoms with Gasteiger partial charge in [-0.15, -0.1) is 10.2 Å². The lowest BCUT2D eigenvalue weighted by molar-refractivity contribution is -0.131. The lowest BCUT2D eigenvalue weighted by atomic mass is 10.0. The number of aromatic nitrogens is 2. The van der Waals surface area contributed by atoms with Crippen LogP contribution >= 0.6 is 0 Å². The van der Waals surface area contributed by atoms with Gasteiger partial charge in [0, 0.05) is 24.1 Å². The number of nitrogens with one attached hydrogen (secondary N) is 1. The molecular formula is C20H18N4O3. The summed E-state index contributed by atoms with van der Waals surface area (Å²) in [4.78, 5) is 17.7. The summed E-state index contributed by atoms with van der Waals surface area (Å²) in [6.45, 7) is 2.42. The third-order valence-electron chi connectivity index (χ3n) is 4.44. The molecule has 7 heteroatoms. The average molecular weight is 362 g/mol. The summed E-state index contributed by atoms with van der Waals surface area (Å²) in [6, 6.07) is 15.5. The Morgan fingerprint density at radius 3 is 2.74 bits per heavy atom. The first-order valence-electron chi connectivity index (χ1n) is 8.62. The summed E-state index contributed by atoms with van der Waals surface area (Å²) in [5, 5.41) is 14.5. The highest BCUT2D eigenvalue weighted by atomic mass is 16.6. The van der Waals surface area contributed by atoms with Crippen molar-refractivity contribution >= 4 is 11.6 Å². The van der Waals surface area contributed by atoms with Crippen molar-refractivity contribution in [3.8, 4) is 11.5 Å². The highest BCUT2D eigenvalue weighted by Crippen LogP contribution is 2.20. The van der Waals surface area contributed by atoms with Gasteiger partial charge in [-0.05, 0) is 30.2 Å². The van der Waals surface area contributed by atoms with Gasteiger partial charge in [0.25, 0.3) is 5.91 Å². The Balaban J connectivity index is 1.32. The zero-order valence-corrected chi connectivity index (χ0v) is 14.8. The van der Waals surface area contributed by atoms with E-state index < -0.39 is 6.10 Å². The third kappa shape index (κ3) is 3.72. The number of hydrogen-bond donors (Lipinski definition) is 1. The fraction of sp³-hybridized carbons (Fsp3) is 0.200. The molecule has 136 valence electrons. The minimum atomic E-state index is -0.600. The second kappa shape index (κ2) is 7.41. The summed E-state index contributed by atoms with van der Waals surface area (Å²) in [5.74, 6) is 0.286. The summed E-state index contributed by atoms with van der Waals surface area (Å²) >= 11 is 0. The van der Waals surface area contributed by atoms with Crippen LogP contribution in [0.1, 0.15) is 23.1 Å². The Hall–Kier alpha value is -3.48. The standard InChI is InChI=1S/C20H18N4O3/c1-13-4-2-3-5-16(13)17-10-18(27-24-17)19(25)21-11-14-6-8-15(9-7-14)20-23-22-12-26-20/h2-9,12,18H,10-11H2,1H3,(H,21,25). The highest BCUT2D eigenvalue weighted by Gasteiger charge is 2.29. The Labute approximate surface area is 156 Å². The lowest BCUT2D eigenvalue weighted by Crippen LogP contribution is -2.34. The molecule has 1 unspecified atom stereocenters. The number of carbonyl (C=O) groups is 1. The van der Waals surface area contributed by atoms with Crippen LogP contribution in [-0.2, 0) is 16.2 Å². The van der Waals surface area contributed by atoms with Crippen LogP contribution in [-0.4, -0.2) is 27.9 Å². The smallest absolute Gasteiger partial charge is 0.264 e. The number of hydrogen-bond acceptors (Lipinski definition) is 6. The number of nitrogens with zero attached hydrogens (tertiary/aromatic N) is 3. The Morgan fingerprint density at radius 2 is 2.00 bits per heavy atom. The molecule has 27 heavy (non-hydrogen) atoms. The second-order valence-electron chi connectivity index (χ2n) is 6.31. The topological polar surface area (TPSA) is 89.6 Å². The van der Waals surface area contributed by atoms with Gasteiger partial charge in [0.1, 0.15) is 0 Å². The quantitative estimate of drug-likeness (QED) is 0.754. The number of oxime groups is 1. The van der Waals surface area contributed by atoms with Crippen LogP contribution in [0.5, 0.6) is 0 Å². The van der Waals surface area contributed by atoms with E-state index in [9.17, 15) is 4.79 Å². The van der Waals surface area contributed by atoms with E-state index in [0.29, 0.717) is 18.9 Å². The lowest BCUT2D eigenvalue weighted by Gasteiger charge is -2.10. The first-order chi connectivity index (χ1) is 13.2. The molecule has 1 aliphatic heterocycles. The van der Waals surface area contributed by atoms with Crippen molar-refractivity contribution in [3.63, 3.8) is 0 Å². The van der Waals surface area contributed by atoms with E-state index in [-0.39, 0.29) is 5.91 Å². The minimum absolute atomic E-state index is 0.177. The predicted octanol–water partition coefficient (Wildman–Crippen LogP) is 2.85. The molecule has 1 atom stereocenters. The molecule has 4 rings (SSSR count). The van der Waals surface area contributed by atoms with Gasteiger partial charge < -0.3 is 14.6 Å². The molecule has 1 N–H and O–H groups in total. The molecule has 0 spiro atoms. The van der Waals surface area contributed by atoms with E-state index >= 15 is 0 Å². The molecule has 2 aromatic carbocycles. The van der Waals surface area contributed by atoms with Crippen LogP contribution in [0, 0.1) is 6.92 Å². The molecule has 0 saturated heterocycles. The minimum Gasteiger partial charge on any atom is -0.423 e. The highest BCUT2D eigenvalue weighted by molar-refractivity contribution is 6.05. The van der Waals surface area contributed by atoms with Gasteiger partial charge >= 0.3 is 0 Å². The van der Waals surface area contributed by atoms with Gasteiger partial charge in [0.15, 0.2) is 0 Å². The molecule has 1 aliphatic rings. The van der Waals surface area contributed by atoms with Crippen LogP contribution < -0.4 is 5.32 Å². The monoisotopic (exact) mass is 362 g/mol. The molecule has 0 radical (unpaired) electrons. The van der Waals surface area contributed by atoms with E-state index in [1.807, 2.05) is 55.5 Å². The first-order valence-corrected chi connectivity index (χ1v) is 8.62. The predicted molar refractivity (Wildman–Crippen MR) is 98.8 cm³/mol. The summed E-state index contributed by atoms with van der Waals surface area (Å²) in [5.41, 5.74) is 4.73. The van der Waals surface area contributed by atoms with Gasteiger partial charge in [0.05, 0.1) is 5.71 Å². The van der Waals surface area contributed by atoms with E-state index in [4.69, 9.17) is 9.25 Å². The normalized spacial score (nSPS) is 15.9. The average Bonchev–Trinajstić information content (AvgIpc) is 3.39. The molecular weight excluding hydrogens is 344 g/mol. The summed E-state index contributed by atoms with van der Waals surface area (Å²) < 4.78 is 5.16. The summed E-state index contributed by atoms with van der Waals surface area (Å²) in [6.07, 6.45) is 1.16. The van der Waals surface area contributed by atoms with Gasteiger partial charge in [-0.25, -0.2) is 0 Å². The van der Waals surface area contributed by atoms with Gasteiger partial charge in [0.2, 0.25) is 18.4 Å². The van der Waals surface area contributed by atoms with Crippen LogP contribution in [0.3, 0.4) is 0 Å². The van der Waals surface area contributed by atoms with Gasteiger partial charge in [-0.1, -0.05) is 41.6 Å². The van der Waals surface area contributed by atoms with Crippen molar-refractivity contribution in [1.29, 1.82) is 0 Å². The van der Waals surface area contributed by atoms with Crippen molar-refractivity contribution in [3.05, 3.63) is 71.6 Å². The molecule has 0 saturated carbocycles. The maximum Gasteiger partial charge on any atom is 0.264 e. The SMILES string of the molecule is Cc1ccccc1C1=NOC(C(=O)NCc2ccc(-c3nnco3)cc2)C1. The van der Waals surface area contributed by atoms with Crippen LogP contribution in [0.15, 0.2) is 64.5 Å². The van der Waals surface area contributed by atoms with Crippen molar-refractivity contribution < 1.29 is 14.0 Å². The molecule has 7 nitrogen and oxygen atoms in total. The molecule has 3 aromatic rings. The first kappa shape index (κ1) is 17.0. The van der Waals surface area contributed by atoms with Gasteiger partial charge in [-0.2, -0.15) is 0 Å². The molecule has 0 fully saturated rings. The molecule has 2 heterocycles. The molecule has 0 aliphatic carbocycles. The number of rotatable bonds is 5. The third-order valence-corrected chi connectivity index (χ3v) is 4.44. The van der Waals surface area contributed by atoms with Crippen LogP contribution in [0.4, 0.5) is 0 Å². The zero-order chi connectivity index (χ0) is 18.6. The Kier molecular flexibility index (Phi) is 4.65. The largest absolute Gasteiger partial charge is 0.423 e. The zero-order valence-electron chi connectivity index (χ0n) is 14.8. The molecule has 0 bridgehead atoms. The fourth-order valence-corrected chi connectivity index (χ4v) is 2.94. The van der Waals surface area contributed by atoms with Crippen LogP contribution in [0.25, 0.3) is 11.5 Å². The van der Waals surface area contributed by atoms with Crippen molar-refractivity contribution in [2.24, 2.45) is 5.16 Å². The number of aryl methyl sites for hydroxylation is 1. The van der Waals surface area contributed by atoms with E-state index in [2.05, 4.69) is 20.7 Å².